The van der Waals surface area contributed by atoms with Crippen LogP contribution < -0.4 is 0 Å². The second-order valence-corrected chi connectivity index (χ2v) is 5.38. The molecular weight excluding hydrogens is 248 g/mol. The van der Waals surface area contributed by atoms with E-state index < -0.39 is 0 Å². The van der Waals surface area contributed by atoms with Gasteiger partial charge in [0, 0.05) is 16.8 Å². The molecule has 2 rings (SSSR count). The first-order chi connectivity index (χ1) is 6.25. The van der Waals surface area contributed by atoms with Crippen LogP contribution in [0, 0.1) is 6.92 Å². The normalized spacial score (nSPS) is 10.6. The van der Waals surface area contributed by atoms with E-state index in [1.165, 1.54) is 14.4 Å². The molecule has 0 amide bonds. The zero-order chi connectivity index (χ0) is 9.26. The maximum absolute atomic E-state index is 4.23. The summed E-state index contributed by atoms with van der Waals surface area (Å²) in [7, 11) is 0. The quantitative estimate of drug-likeness (QED) is 0.808. The topological polar surface area (TPSA) is 17.8 Å². The Bertz CT molecular complexity index is 405. The zero-order valence-electron chi connectivity index (χ0n) is 7.20. The Kier molecular flexibility index (Phi) is 2.51. The van der Waals surface area contributed by atoms with Crippen LogP contribution in [0.15, 0.2) is 28.2 Å². The van der Waals surface area contributed by atoms with Gasteiger partial charge in [-0.25, -0.2) is 0 Å². The number of aromatic nitrogens is 2. The summed E-state index contributed by atoms with van der Waals surface area (Å²) in [6, 6.07) is 6.21. The minimum Gasteiger partial charge on any atom is -0.265 e. The highest BCUT2D eigenvalue weighted by atomic mass is 79.9. The van der Waals surface area contributed by atoms with Gasteiger partial charge in [0.1, 0.15) is 0 Å². The Balaban J connectivity index is 2.19. The average Bonchev–Trinajstić information content (AvgIpc) is 2.64. The second kappa shape index (κ2) is 3.64. The lowest BCUT2D eigenvalue weighted by Crippen LogP contribution is -2.01. The third-order valence-electron chi connectivity index (χ3n) is 1.86. The van der Waals surface area contributed by atoms with E-state index in [1.54, 1.807) is 11.3 Å². The van der Waals surface area contributed by atoms with E-state index in [9.17, 15) is 0 Å². The standard InChI is InChI=1S/C9H9BrN2S/c1-7-4-5-11-12(7)6-8-2-3-9(10)13-8/h2-5H,6H2,1H3. The van der Waals surface area contributed by atoms with E-state index in [0.29, 0.717) is 0 Å². The molecule has 0 N–H and O–H groups in total. The minimum absolute atomic E-state index is 0.870. The van der Waals surface area contributed by atoms with Crippen molar-refractivity contribution in [2.75, 3.05) is 0 Å². The van der Waals surface area contributed by atoms with Crippen molar-refractivity contribution in [3.63, 3.8) is 0 Å². The predicted octanol–water partition coefficient (Wildman–Crippen LogP) is 3.06. The van der Waals surface area contributed by atoms with E-state index >= 15 is 0 Å². The van der Waals surface area contributed by atoms with Gasteiger partial charge in [0.2, 0.25) is 0 Å². The lowest BCUT2D eigenvalue weighted by molar-refractivity contribution is 0.672. The van der Waals surface area contributed by atoms with Crippen LogP contribution >= 0.6 is 27.3 Å². The highest BCUT2D eigenvalue weighted by Gasteiger charge is 2.01. The molecule has 4 heteroatoms. The van der Waals surface area contributed by atoms with E-state index in [0.717, 1.165) is 6.54 Å². The Morgan fingerprint density at radius 2 is 2.31 bits per heavy atom. The van der Waals surface area contributed by atoms with E-state index in [2.05, 4.69) is 40.1 Å². The molecule has 2 aromatic rings. The molecule has 0 aliphatic heterocycles. The summed E-state index contributed by atoms with van der Waals surface area (Å²) < 4.78 is 3.17. The molecule has 0 saturated carbocycles. The number of thiophene rings is 1. The summed E-state index contributed by atoms with van der Waals surface area (Å²) in [5, 5.41) is 4.23. The lowest BCUT2D eigenvalue weighted by atomic mass is 10.4. The van der Waals surface area contributed by atoms with E-state index in [-0.39, 0.29) is 0 Å². The number of aryl methyl sites for hydroxylation is 1. The van der Waals surface area contributed by atoms with Gasteiger partial charge < -0.3 is 0 Å². The Hall–Kier alpha value is -0.610. The third kappa shape index (κ3) is 2.00. The van der Waals surface area contributed by atoms with Crippen molar-refractivity contribution < 1.29 is 0 Å². The number of rotatable bonds is 2. The van der Waals surface area contributed by atoms with Gasteiger partial charge in [-0.1, -0.05) is 0 Å². The molecule has 13 heavy (non-hydrogen) atoms. The maximum atomic E-state index is 4.23. The molecule has 0 radical (unpaired) electrons. The largest absolute Gasteiger partial charge is 0.265 e. The van der Waals surface area contributed by atoms with Crippen molar-refractivity contribution in [1.82, 2.24) is 9.78 Å². The van der Waals surface area contributed by atoms with Gasteiger partial charge >= 0.3 is 0 Å². The lowest BCUT2D eigenvalue weighted by Gasteiger charge is -2.00. The van der Waals surface area contributed by atoms with Crippen LogP contribution in [0.2, 0.25) is 0 Å². The summed E-state index contributed by atoms with van der Waals surface area (Å²) in [5.74, 6) is 0. The molecule has 2 heterocycles. The Morgan fingerprint density at radius 3 is 2.85 bits per heavy atom. The molecule has 0 bridgehead atoms. The van der Waals surface area contributed by atoms with Crippen LogP contribution in [0.5, 0.6) is 0 Å². The van der Waals surface area contributed by atoms with Crippen LogP contribution in [0.25, 0.3) is 0 Å². The van der Waals surface area contributed by atoms with Crippen LogP contribution in [0.3, 0.4) is 0 Å². The van der Waals surface area contributed by atoms with Gasteiger partial charge in [-0.3, -0.25) is 4.68 Å². The summed E-state index contributed by atoms with van der Waals surface area (Å²) in [6.07, 6.45) is 1.83. The van der Waals surface area contributed by atoms with E-state index in [1.807, 2.05) is 16.9 Å². The van der Waals surface area contributed by atoms with Crippen molar-refractivity contribution in [2.45, 2.75) is 13.5 Å². The molecule has 2 nitrogen and oxygen atoms in total. The van der Waals surface area contributed by atoms with Gasteiger partial charge in [-0.15, -0.1) is 11.3 Å². The molecule has 0 unspecified atom stereocenters. The van der Waals surface area contributed by atoms with Crippen molar-refractivity contribution in [2.24, 2.45) is 0 Å². The molecule has 0 fully saturated rings. The average molecular weight is 257 g/mol. The fourth-order valence-electron chi connectivity index (χ4n) is 1.15. The van der Waals surface area contributed by atoms with Gasteiger partial charge in [0.15, 0.2) is 0 Å². The number of halogens is 1. The third-order valence-corrected chi connectivity index (χ3v) is 3.47. The first-order valence-corrected chi connectivity index (χ1v) is 5.59. The molecular formula is C9H9BrN2S. The molecule has 68 valence electrons. The smallest absolute Gasteiger partial charge is 0.0755 e. The number of hydrogen-bond acceptors (Lipinski definition) is 2. The van der Waals surface area contributed by atoms with Crippen LogP contribution in [0.4, 0.5) is 0 Å². The Morgan fingerprint density at radius 1 is 1.46 bits per heavy atom. The van der Waals surface area contributed by atoms with Crippen molar-refractivity contribution >= 4 is 27.3 Å². The van der Waals surface area contributed by atoms with Crippen molar-refractivity contribution in [1.29, 1.82) is 0 Å². The van der Waals surface area contributed by atoms with E-state index in [4.69, 9.17) is 0 Å². The highest BCUT2D eigenvalue weighted by molar-refractivity contribution is 9.11. The van der Waals surface area contributed by atoms with Crippen LogP contribution in [0.1, 0.15) is 10.6 Å². The molecule has 2 aromatic heterocycles. The number of nitrogens with zero attached hydrogens (tertiary/aromatic N) is 2. The monoisotopic (exact) mass is 256 g/mol. The summed E-state index contributed by atoms with van der Waals surface area (Å²) >= 11 is 5.19. The zero-order valence-corrected chi connectivity index (χ0v) is 9.60. The Labute approximate surface area is 89.3 Å². The molecule has 0 saturated heterocycles. The molecule has 0 spiro atoms. The highest BCUT2D eigenvalue weighted by Crippen LogP contribution is 2.22. The van der Waals surface area contributed by atoms with Gasteiger partial charge in [0.25, 0.3) is 0 Å². The van der Waals surface area contributed by atoms with Gasteiger partial charge in [-0.2, -0.15) is 5.10 Å². The van der Waals surface area contributed by atoms with Crippen molar-refractivity contribution in [3.8, 4) is 0 Å². The van der Waals surface area contributed by atoms with Crippen LogP contribution in [-0.2, 0) is 6.54 Å². The van der Waals surface area contributed by atoms with Gasteiger partial charge in [0.05, 0.1) is 10.3 Å². The number of hydrogen-bond donors (Lipinski definition) is 0. The van der Waals surface area contributed by atoms with Gasteiger partial charge in [-0.05, 0) is 41.1 Å². The summed E-state index contributed by atoms with van der Waals surface area (Å²) in [6.45, 7) is 2.94. The fraction of sp³-hybridized carbons (Fsp3) is 0.222. The maximum Gasteiger partial charge on any atom is 0.0755 e. The molecule has 0 atom stereocenters. The fourth-order valence-corrected chi connectivity index (χ4v) is 2.61. The summed E-state index contributed by atoms with van der Waals surface area (Å²) in [4.78, 5) is 1.32. The SMILES string of the molecule is Cc1ccnn1Cc1ccc(Br)s1. The minimum atomic E-state index is 0.870. The molecule has 0 aliphatic rings. The van der Waals surface area contributed by atoms with Crippen LogP contribution in [-0.4, -0.2) is 9.78 Å². The first-order valence-electron chi connectivity index (χ1n) is 3.98. The molecule has 0 aliphatic carbocycles. The predicted molar refractivity (Wildman–Crippen MR) is 58.1 cm³/mol. The van der Waals surface area contributed by atoms with Crippen molar-refractivity contribution in [3.05, 3.63) is 38.8 Å². The first kappa shape index (κ1) is 8.97. The second-order valence-electron chi connectivity index (χ2n) is 2.84. The summed E-state index contributed by atoms with van der Waals surface area (Å²) in [5.41, 5.74) is 1.20. The molecule has 0 aromatic carbocycles.